The summed E-state index contributed by atoms with van der Waals surface area (Å²) < 4.78 is 0. The van der Waals surface area contributed by atoms with E-state index in [0.717, 1.165) is 0 Å². The van der Waals surface area contributed by atoms with Crippen molar-refractivity contribution >= 4 is 9.30 Å². The van der Waals surface area contributed by atoms with Crippen molar-refractivity contribution in [3.63, 3.8) is 0 Å². The molecule has 2 fully saturated rings. The fourth-order valence-electron chi connectivity index (χ4n) is 2.39. The van der Waals surface area contributed by atoms with E-state index in [4.69, 9.17) is 0 Å². The molecular weight excluding hydrogens is 324 g/mol. The second-order valence-corrected chi connectivity index (χ2v) is 6.85. The normalized spacial score (nSPS) is 23.2. The molecule has 22 heavy (non-hydrogen) atoms. The summed E-state index contributed by atoms with van der Waals surface area (Å²) >= 11 is 1.47. The van der Waals surface area contributed by atoms with Crippen LogP contribution in [-0.4, -0.2) is 0 Å². The molecule has 10 radical (unpaired) electrons. The van der Waals surface area contributed by atoms with Crippen LogP contribution in [-0.2, 0) is 19.4 Å². The molecule has 0 saturated heterocycles. The molecule has 2 saturated carbocycles. The van der Waals surface area contributed by atoms with Crippen LogP contribution in [0.3, 0.4) is 0 Å². The zero-order valence-corrected chi connectivity index (χ0v) is 17.6. The summed E-state index contributed by atoms with van der Waals surface area (Å²) in [6, 6.07) is 0. The Morgan fingerprint density at radius 2 is 1.00 bits per heavy atom. The van der Waals surface area contributed by atoms with Crippen LogP contribution < -0.4 is 0 Å². The molecule has 0 heterocycles. The maximum atomic E-state index is 4.64. The van der Waals surface area contributed by atoms with Crippen molar-refractivity contribution in [2.75, 3.05) is 0 Å². The van der Waals surface area contributed by atoms with Gasteiger partial charge in [-0.3, -0.25) is 0 Å². The summed E-state index contributed by atoms with van der Waals surface area (Å²) in [6.07, 6.45) is 10.7. The summed E-state index contributed by atoms with van der Waals surface area (Å²) in [5.41, 5.74) is 0.300. The molecule has 0 aromatic heterocycles. The summed E-state index contributed by atoms with van der Waals surface area (Å²) in [5, 5.41) is 0. The van der Waals surface area contributed by atoms with Crippen LogP contribution in [0.25, 0.3) is 0 Å². The fourth-order valence-corrected chi connectivity index (χ4v) is 2.39. The first-order chi connectivity index (χ1) is 10.1. The second kappa shape index (κ2) is 10.8. The monoisotopic (exact) mass is 352 g/mol. The van der Waals surface area contributed by atoms with Crippen molar-refractivity contribution in [3.05, 3.63) is 67.6 Å². The van der Waals surface area contributed by atoms with Gasteiger partial charge in [-0.1, -0.05) is 68.2 Å². The fraction of sp³-hybridized carbons (Fsp3) is 0.450. The van der Waals surface area contributed by atoms with E-state index in [1.165, 1.54) is 54.9 Å². The van der Waals surface area contributed by atoms with E-state index in [1.54, 1.807) is 0 Å². The average Bonchev–Trinajstić information content (AvgIpc) is 3.01. The Bertz CT molecular complexity index is 233. The predicted octanol–water partition coefficient (Wildman–Crippen LogP) is 6.30. The third kappa shape index (κ3) is 7.72. The van der Waals surface area contributed by atoms with E-state index in [9.17, 15) is 0 Å². The van der Waals surface area contributed by atoms with Gasteiger partial charge in [-0.2, -0.15) is 11.3 Å². The molecule has 0 bridgehead atoms. The van der Waals surface area contributed by atoms with Gasteiger partial charge in [0.05, 0.1) is 0 Å². The SMILES string of the molecule is CC(C)(C)[CH-][C]1[CH][CH][CH][CH]1.C[C]1[C](C)[C](C)[C](C)[C]1C.[Cl][Ti+3]. The summed E-state index contributed by atoms with van der Waals surface area (Å²) in [7, 11) is 4.64. The van der Waals surface area contributed by atoms with E-state index in [0.29, 0.717) is 5.41 Å². The molecule has 0 aromatic rings. The van der Waals surface area contributed by atoms with Gasteiger partial charge in [-0.15, -0.1) is 0 Å². The van der Waals surface area contributed by atoms with Crippen LogP contribution in [0, 0.1) is 73.0 Å². The average molecular weight is 353 g/mol. The Hall–Kier alpha value is 1.00. The van der Waals surface area contributed by atoms with Crippen molar-refractivity contribution < 1.29 is 19.4 Å². The second-order valence-electron chi connectivity index (χ2n) is 6.85. The van der Waals surface area contributed by atoms with Crippen LogP contribution in [0.1, 0.15) is 55.4 Å². The summed E-state index contributed by atoms with van der Waals surface area (Å²) in [4.78, 5) is 0. The molecule has 0 aliphatic heterocycles. The number of halogens is 1. The zero-order chi connectivity index (χ0) is 17.5. The maximum absolute atomic E-state index is 4.64. The molecule has 0 spiro atoms. The van der Waals surface area contributed by atoms with Crippen LogP contribution in [0.15, 0.2) is 0 Å². The molecule has 2 aliphatic carbocycles. The van der Waals surface area contributed by atoms with Crippen LogP contribution in [0.4, 0.5) is 0 Å². The molecule has 0 atom stereocenters. The van der Waals surface area contributed by atoms with Crippen LogP contribution in [0.2, 0.25) is 0 Å². The zero-order valence-electron chi connectivity index (χ0n) is 15.3. The van der Waals surface area contributed by atoms with E-state index in [-0.39, 0.29) is 0 Å². The third-order valence-electron chi connectivity index (χ3n) is 4.10. The van der Waals surface area contributed by atoms with Gasteiger partial charge in [0.1, 0.15) is 0 Å². The Morgan fingerprint density at radius 1 is 0.727 bits per heavy atom. The number of hydrogen-bond acceptors (Lipinski definition) is 0. The van der Waals surface area contributed by atoms with Gasteiger partial charge in [0.2, 0.25) is 0 Å². The number of rotatable bonds is 1. The van der Waals surface area contributed by atoms with Gasteiger partial charge in [0.25, 0.3) is 0 Å². The van der Waals surface area contributed by atoms with Gasteiger partial charge >= 0.3 is 28.7 Å². The molecular formula is C20H29ClTi+2. The van der Waals surface area contributed by atoms with Gasteiger partial charge in [0.15, 0.2) is 0 Å². The Balaban J connectivity index is 0.000000360. The number of hydrogen-bond donors (Lipinski definition) is 0. The molecule has 2 aliphatic rings. The molecule has 2 heteroatoms. The topological polar surface area (TPSA) is 0 Å². The van der Waals surface area contributed by atoms with Crippen LogP contribution in [0.5, 0.6) is 0 Å². The van der Waals surface area contributed by atoms with Gasteiger partial charge in [-0.05, 0) is 42.4 Å². The first-order valence-electron chi connectivity index (χ1n) is 7.59. The Morgan fingerprint density at radius 3 is 1.23 bits per heavy atom. The summed E-state index contributed by atoms with van der Waals surface area (Å²) in [6.45, 7) is 17.6. The van der Waals surface area contributed by atoms with Crippen molar-refractivity contribution in [1.82, 2.24) is 0 Å². The van der Waals surface area contributed by atoms with Gasteiger partial charge in [-0.25, -0.2) is 0 Å². The quantitative estimate of drug-likeness (QED) is 0.383. The van der Waals surface area contributed by atoms with E-state index >= 15 is 0 Å². The van der Waals surface area contributed by atoms with Crippen molar-refractivity contribution in [2.24, 2.45) is 5.41 Å². The Kier molecular flexibility index (Phi) is 11.3. The molecule has 0 nitrogen and oxygen atoms in total. The first-order valence-corrected chi connectivity index (χ1v) is 9.74. The van der Waals surface area contributed by atoms with Crippen molar-refractivity contribution in [1.29, 1.82) is 0 Å². The minimum absolute atomic E-state index is 0.300. The molecule has 0 amide bonds. The van der Waals surface area contributed by atoms with Crippen LogP contribution >= 0.6 is 9.30 Å². The molecule has 0 aromatic carbocycles. The molecule has 118 valence electrons. The third-order valence-corrected chi connectivity index (χ3v) is 4.10. The van der Waals surface area contributed by atoms with E-state index in [2.05, 4.69) is 96.8 Å². The molecule has 2 rings (SSSR count). The molecule has 0 unspecified atom stereocenters. The van der Waals surface area contributed by atoms with E-state index in [1.807, 2.05) is 0 Å². The van der Waals surface area contributed by atoms with E-state index < -0.39 is 0 Å². The standard InChI is InChI=1S/C10H15.C10H14.ClH.Ti/c1-6-7(2)9(4)10(5)8(6)3;1-10(2,3)8-9-6-4-5-7-9;;/h1-5H3;4-8H,1-3H3;1H;/q;-1;;+4/p-1. The van der Waals surface area contributed by atoms with Crippen molar-refractivity contribution in [3.8, 4) is 0 Å². The van der Waals surface area contributed by atoms with Gasteiger partial charge in [0, 0.05) is 0 Å². The Labute approximate surface area is 156 Å². The minimum atomic E-state index is 0.300. The first kappa shape index (κ1) is 23.0. The molecule has 0 N–H and O–H groups in total. The predicted molar refractivity (Wildman–Crippen MR) is 94.6 cm³/mol. The van der Waals surface area contributed by atoms with Gasteiger partial charge < -0.3 is 6.42 Å². The van der Waals surface area contributed by atoms with Crippen molar-refractivity contribution in [2.45, 2.75) is 55.4 Å². The summed E-state index contributed by atoms with van der Waals surface area (Å²) in [5.74, 6) is 8.66.